The van der Waals surface area contributed by atoms with Gasteiger partial charge in [-0.25, -0.2) is 13.2 Å². The summed E-state index contributed by atoms with van der Waals surface area (Å²) in [4.78, 5) is 27.6. The highest BCUT2D eigenvalue weighted by Gasteiger charge is 2.15. The van der Waals surface area contributed by atoms with E-state index in [0.717, 1.165) is 0 Å². The standard InChI is InChI=1S/C15H13N3O4S/c1-9(19)10-2-5-12(6-3-10)23(21,22)18-11-4-7-13-14(8-11)17-15(20)16-13/h2-8,18H,1H3,(H2,16,17,20). The van der Waals surface area contributed by atoms with Gasteiger partial charge >= 0.3 is 5.69 Å². The lowest BCUT2D eigenvalue weighted by Gasteiger charge is -2.08. The monoisotopic (exact) mass is 331 g/mol. The second-order valence-corrected chi connectivity index (χ2v) is 6.71. The van der Waals surface area contributed by atoms with Crippen molar-refractivity contribution in [2.24, 2.45) is 0 Å². The number of H-pyrrole nitrogens is 2. The zero-order valence-corrected chi connectivity index (χ0v) is 12.9. The zero-order chi connectivity index (χ0) is 16.6. The first-order valence-electron chi connectivity index (χ1n) is 6.71. The molecular weight excluding hydrogens is 318 g/mol. The van der Waals surface area contributed by atoms with Gasteiger partial charge in [0.1, 0.15) is 0 Å². The van der Waals surface area contributed by atoms with Crippen LogP contribution < -0.4 is 10.4 Å². The predicted octanol–water partition coefficient (Wildman–Crippen LogP) is 1.86. The van der Waals surface area contributed by atoms with Crippen molar-refractivity contribution in [3.63, 3.8) is 0 Å². The Morgan fingerprint density at radius 2 is 1.65 bits per heavy atom. The normalized spacial score (nSPS) is 11.5. The molecule has 7 nitrogen and oxygen atoms in total. The number of rotatable bonds is 4. The van der Waals surface area contributed by atoms with Crippen LogP contribution >= 0.6 is 0 Å². The van der Waals surface area contributed by atoms with Gasteiger partial charge in [-0.2, -0.15) is 0 Å². The number of benzene rings is 2. The van der Waals surface area contributed by atoms with Crippen molar-refractivity contribution in [1.82, 2.24) is 9.97 Å². The van der Waals surface area contributed by atoms with Crippen LogP contribution in [0, 0.1) is 0 Å². The minimum absolute atomic E-state index is 0.0464. The quantitative estimate of drug-likeness (QED) is 0.633. The van der Waals surface area contributed by atoms with Crippen molar-refractivity contribution in [3.05, 3.63) is 58.5 Å². The Morgan fingerprint density at radius 3 is 2.30 bits per heavy atom. The molecule has 0 atom stereocenters. The maximum absolute atomic E-state index is 12.3. The zero-order valence-electron chi connectivity index (χ0n) is 12.1. The van der Waals surface area contributed by atoms with E-state index in [1.54, 1.807) is 12.1 Å². The molecule has 3 aromatic rings. The smallest absolute Gasteiger partial charge is 0.306 e. The first-order chi connectivity index (χ1) is 10.8. The average molecular weight is 331 g/mol. The summed E-state index contributed by atoms with van der Waals surface area (Å²) in [5, 5.41) is 0. The molecule has 0 unspecified atom stereocenters. The summed E-state index contributed by atoms with van der Waals surface area (Å²) in [5.41, 5.74) is 1.49. The van der Waals surface area contributed by atoms with Crippen LogP contribution in [0.15, 0.2) is 52.2 Å². The number of fused-ring (bicyclic) bond motifs is 1. The fourth-order valence-corrected chi connectivity index (χ4v) is 3.23. The van der Waals surface area contributed by atoms with Crippen molar-refractivity contribution in [2.75, 3.05) is 4.72 Å². The molecular formula is C15H13N3O4S. The van der Waals surface area contributed by atoms with Gasteiger partial charge in [0.15, 0.2) is 5.78 Å². The molecule has 0 saturated carbocycles. The molecule has 1 aromatic heterocycles. The van der Waals surface area contributed by atoms with Crippen molar-refractivity contribution in [3.8, 4) is 0 Å². The van der Waals surface area contributed by atoms with Gasteiger partial charge in [-0.05, 0) is 37.3 Å². The third-order valence-corrected chi connectivity index (χ3v) is 4.74. The lowest BCUT2D eigenvalue weighted by molar-refractivity contribution is 0.101. The van der Waals surface area contributed by atoms with Gasteiger partial charge in [0.2, 0.25) is 0 Å². The molecule has 0 fully saturated rings. The van der Waals surface area contributed by atoms with Crippen LogP contribution in [0.2, 0.25) is 0 Å². The summed E-state index contributed by atoms with van der Waals surface area (Å²) >= 11 is 0. The number of carbonyl (C=O) groups is 1. The Kier molecular flexibility index (Phi) is 3.53. The second-order valence-electron chi connectivity index (χ2n) is 5.03. The summed E-state index contributed by atoms with van der Waals surface area (Å²) < 4.78 is 27.1. The van der Waals surface area contributed by atoms with E-state index in [2.05, 4.69) is 14.7 Å². The fourth-order valence-electron chi connectivity index (χ4n) is 2.18. The van der Waals surface area contributed by atoms with Crippen molar-refractivity contribution >= 4 is 32.5 Å². The number of hydrogen-bond donors (Lipinski definition) is 3. The molecule has 0 aliphatic heterocycles. The van der Waals surface area contributed by atoms with E-state index < -0.39 is 10.0 Å². The number of aromatic nitrogens is 2. The lowest BCUT2D eigenvalue weighted by Crippen LogP contribution is -2.13. The van der Waals surface area contributed by atoms with E-state index in [9.17, 15) is 18.0 Å². The predicted molar refractivity (Wildman–Crippen MR) is 86.2 cm³/mol. The van der Waals surface area contributed by atoms with Crippen molar-refractivity contribution < 1.29 is 13.2 Å². The third-order valence-electron chi connectivity index (χ3n) is 3.34. The molecule has 0 radical (unpaired) electrons. The highest BCUT2D eigenvalue weighted by Crippen LogP contribution is 2.19. The molecule has 3 N–H and O–H groups in total. The second kappa shape index (κ2) is 5.40. The molecule has 0 aliphatic rings. The highest BCUT2D eigenvalue weighted by atomic mass is 32.2. The number of carbonyl (C=O) groups excluding carboxylic acids is 1. The number of Topliss-reactive ketones (excluding diaryl/α,β-unsaturated/α-hetero) is 1. The number of hydrogen-bond acceptors (Lipinski definition) is 4. The maximum atomic E-state index is 12.3. The van der Waals surface area contributed by atoms with E-state index in [1.165, 1.54) is 37.3 Å². The average Bonchev–Trinajstić information content (AvgIpc) is 2.86. The van der Waals surface area contributed by atoms with Gasteiger partial charge in [-0.1, -0.05) is 12.1 Å². The fraction of sp³-hybridized carbons (Fsp3) is 0.0667. The topological polar surface area (TPSA) is 112 Å². The van der Waals surface area contributed by atoms with Crippen LogP contribution in [0.4, 0.5) is 5.69 Å². The van der Waals surface area contributed by atoms with Crippen LogP contribution in [0.25, 0.3) is 11.0 Å². The third kappa shape index (κ3) is 3.02. The molecule has 2 aromatic carbocycles. The summed E-state index contributed by atoms with van der Waals surface area (Å²) in [6.07, 6.45) is 0. The number of anilines is 1. The van der Waals surface area contributed by atoms with Crippen molar-refractivity contribution in [1.29, 1.82) is 0 Å². The van der Waals surface area contributed by atoms with Gasteiger partial charge in [0.05, 0.1) is 21.6 Å². The molecule has 0 bridgehead atoms. The maximum Gasteiger partial charge on any atom is 0.323 e. The number of imidazole rings is 1. The van der Waals surface area contributed by atoms with Crippen LogP contribution in [0.3, 0.4) is 0 Å². The molecule has 3 rings (SSSR count). The number of ketones is 1. The minimum atomic E-state index is -3.78. The van der Waals surface area contributed by atoms with Gasteiger partial charge in [-0.3, -0.25) is 9.52 Å². The molecule has 0 amide bonds. The van der Waals surface area contributed by atoms with Gasteiger partial charge in [0.25, 0.3) is 10.0 Å². The van der Waals surface area contributed by atoms with Crippen LogP contribution in [-0.2, 0) is 10.0 Å². The van der Waals surface area contributed by atoms with E-state index in [-0.39, 0.29) is 16.4 Å². The minimum Gasteiger partial charge on any atom is -0.306 e. The summed E-state index contributed by atoms with van der Waals surface area (Å²) in [7, 11) is -3.78. The number of sulfonamides is 1. The van der Waals surface area contributed by atoms with Gasteiger partial charge in [-0.15, -0.1) is 0 Å². The number of aromatic amines is 2. The SMILES string of the molecule is CC(=O)c1ccc(S(=O)(=O)Nc2ccc3[nH]c(=O)[nH]c3c2)cc1. The van der Waals surface area contributed by atoms with E-state index in [1.807, 2.05) is 0 Å². The van der Waals surface area contributed by atoms with E-state index in [4.69, 9.17) is 0 Å². The van der Waals surface area contributed by atoms with Gasteiger partial charge < -0.3 is 9.97 Å². The Hall–Kier alpha value is -2.87. The summed E-state index contributed by atoms with van der Waals surface area (Å²) in [5.74, 6) is -0.135. The van der Waals surface area contributed by atoms with Crippen molar-refractivity contribution in [2.45, 2.75) is 11.8 Å². The summed E-state index contributed by atoms with van der Waals surface area (Å²) in [6.45, 7) is 1.41. The highest BCUT2D eigenvalue weighted by molar-refractivity contribution is 7.92. The summed E-state index contributed by atoms with van der Waals surface area (Å²) in [6, 6.07) is 10.3. The van der Waals surface area contributed by atoms with E-state index in [0.29, 0.717) is 22.3 Å². The first-order valence-corrected chi connectivity index (χ1v) is 8.19. The largest absolute Gasteiger partial charge is 0.323 e. The molecule has 8 heteroatoms. The molecule has 1 heterocycles. The van der Waals surface area contributed by atoms with E-state index >= 15 is 0 Å². The van der Waals surface area contributed by atoms with Crippen LogP contribution in [0.5, 0.6) is 0 Å². The molecule has 0 spiro atoms. The molecule has 0 aliphatic carbocycles. The first kappa shape index (κ1) is 15.0. The Labute approximate surface area is 131 Å². The number of nitrogens with one attached hydrogen (secondary N) is 3. The lowest BCUT2D eigenvalue weighted by atomic mass is 10.2. The Balaban J connectivity index is 1.92. The molecule has 23 heavy (non-hydrogen) atoms. The Morgan fingerprint density at radius 1 is 1.00 bits per heavy atom. The van der Waals surface area contributed by atoms with Crippen LogP contribution in [0.1, 0.15) is 17.3 Å². The van der Waals surface area contributed by atoms with Crippen LogP contribution in [-0.4, -0.2) is 24.2 Å². The molecule has 0 saturated heterocycles. The Bertz CT molecular complexity index is 1050. The molecule has 118 valence electrons. The van der Waals surface area contributed by atoms with Gasteiger partial charge in [0, 0.05) is 5.56 Å².